The van der Waals surface area contributed by atoms with Crippen LogP contribution in [0.1, 0.15) is 0 Å². The summed E-state index contributed by atoms with van der Waals surface area (Å²) in [6, 6.07) is 8.82. The molecular formula is C10H13NO2S. The standard InChI is InChI=1S/C10H13NO2S/c1-11(9(7-14)10(12)13)8-5-3-2-4-6-8/h2-6,9,14H,7H2,1H3,(H,12,13). The molecule has 0 aliphatic carbocycles. The summed E-state index contributed by atoms with van der Waals surface area (Å²) in [6.07, 6.45) is 0. The van der Waals surface area contributed by atoms with Gasteiger partial charge in [-0.2, -0.15) is 12.6 Å². The van der Waals surface area contributed by atoms with Gasteiger partial charge in [0.25, 0.3) is 0 Å². The Kier molecular flexibility index (Phi) is 3.83. The molecule has 0 fully saturated rings. The van der Waals surface area contributed by atoms with E-state index in [1.165, 1.54) is 0 Å². The van der Waals surface area contributed by atoms with Crippen molar-refractivity contribution in [2.24, 2.45) is 0 Å². The molecular weight excluding hydrogens is 198 g/mol. The number of para-hydroxylation sites is 1. The second kappa shape index (κ2) is 4.91. The maximum atomic E-state index is 10.9. The highest BCUT2D eigenvalue weighted by molar-refractivity contribution is 7.80. The fraction of sp³-hybridized carbons (Fsp3) is 0.300. The van der Waals surface area contributed by atoms with Crippen LogP contribution in [-0.2, 0) is 4.79 Å². The zero-order valence-electron chi connectivity index (χ0n) is 7.92. The van der Waals surface area contributed by atoms with Crippen LogP contribution < -0.4 is 4.90 Å². The number of aliphatic carboxylic acids is 1. The Morgan fingerprint density at radius 3 is 2.50 bits per heavy atom. The number of thiol groups is 1. The zero-order chi connectivity index (χ0) is 10.6. The predicted molar refractivity (Wildman–Crippen MR) is 60.1 cm³/mol. The van der Waals surface area contributed by atoms with Crippen LogP contribution in [0.2, 0.25) is 0 Å². The Morgan fingerprint density at radius 2 is 2.07 bits per heavy atom. The van der Waals surface area contributed by atoms with E-state index in [-0.39, 0.29) is 0 Å². The van der Waals surface area contributed by atoms with Crippen molar-refractivity contribution in [2.75, 3.05) is 17.7 Å². The van der Waals surface area contributed by atoms with Gasteiger partial charge in [0.2, 0.25) is 0 Å². The van der Waals surface area contributed by atoms with Gasteiger partial charge in [-0.05, 0) is 12.1 Å². The fourth-order valence-corrected chi connectivity index (χ4v) is 1.61. The number of carbonyl (C=O) groups is 1. The first kappa shape index (κ1) is 10.9. The molecule has 3 nitrogen and oxygen atoms in total. The van der Waals surface area contributed by atoms with Gasteiger partial charge in [-0.25, -0.2) is 4.79 Å². The number of carboxylic acids is 1. The van der Waals surface area contributed by atoms with Crippen LogP contribution in [0.5, 0.6) is 0 Å². The number of nitrogens with zero attached hydrogens (tertiary/aromatic N) is 1. The van der Waals surface area contributed by atoms with Crippen LogP contribution in [0.4, 0.5) is 5.69 Å². The number of anilines is 1. The third-order valence-corrected chi connectivity index (χ3v) is 2.43. The lowest BCUT2D eigenvalue weighted by atomic mass is 10.2. The molecule has 1 atom stereocenters. The Balaban J connectivity index is 2.83. The number of carboxylic acid groups (broad SMARTS) is 1. The van der Waals surface area contributed by atoms with Crippen molar-refractivity contribution in [1.82, 2.24) is 0 Å². The second-order valence-electron chi connectivity index (χ2n) is 2.98. The lowest BCUT2D eigenvalue weighted by Crippen LogP contribution is -2.40. The smallest absolute Gasteiger partial charge is 0.327 e. The molecule has 0 aliphatic rings. The summed E-state index contributed by atoms with van der Waals surface area (Å²) in [7, 11) is 1.75. The molecule has 0 saturated heterocycles. The molecule has 0 aliphatic heterocycles. The quantitative estimate of drug-likeness (QED) is 0.742. The van der Waals surface area contributed by atoms with E-state index in [1.807, 2.05) is 30.3 Å². The van der Waals surface area contributed by atoms with Crippen LogP contribution in [-0.4, -0.2) is 29.9 Å². The lowest BCUT2D eigenvalue weighted by Gasteiger charge is -2.25. The third kappa shape index (κ3) is 2.42. The highest BCUT2D eigenvalue weighted by atomic mass is 32.1. The van der Waals surface area contributed by atoms with E-state index in [0.29, 0.717) is 5.75 Å². The van der Waals surface area contributed by atoms with Crippen LogP contribution in [0.15, 0.2) is 30.3 Å². The number of likely N-dealkylation sites (N-methyl/N-ethyl adjacent to an activating group) is 1. The van der Waals surface area contributed by atoms with Gasteiger partial charge in [-0.15, -0.1) is 0 Å². The largest absolute Gasteiger partial charge is 0.480 e. The minimum absolute atomic E-state index is 0.292. The summed E-state index contributed by atoms with van der Waals surface area (Å²) in [5.41, 5.74) is 0.883. The monoisotopic (exact) mass is 211 g/mol. The van der Waals surface area contributed by atoms with Gasteiger partial charge in [0, 0.05) is 18.5 Å². The first-order valence-corrected chi connectivity index (χ1v) is 4.91. The molecule has 4 heteroatoms. The summed E-state index contributed by atoms with van der Waals surface area (Å²) in [5, 5.41) is 8.91. The Labute approximate surface area is 88.8 Å². The fourth-order valence-electron chi connectivity index (χ4n) is 1.21. The van der Waals surface area contributed by atoms with Gasteiger partial charge in [-0.1, -0.05) is 18.2 Å². The van der Waals surface area contributed by atoms with Crippen molar-refractivity contribution in [3.63, 3.8) is 0 Å². The first-order valence-electron chi connectivity index (χ1n) is 4.28. The van der Waals surface area contributed by atoms with E-state index in [4.69, 9.17) is 5.11 Å². The van der Waals surface area contributed by atoms with Gasteiger partial charge < -0.3 is 10.0 Å². The van der Waals surface area contributed by atoms with Gasteiger partial charge in [0.1, 0.15) is 6.04 Å². The molecule has 1 rings (SSSR count). The Hall–Kier alpha value is -1.16. The summed E-state index contributed by atoms with van der Waals surface area (Å²) < 4.78 is 0. The number of rotatable bonds is 4. The molecule has 0 radical (unpaired) electrons. The maximum absolute atomic E-state index is 10.9. The predicted octanol–water partition coefficient (Wildman–Crippen LogP) is 1.51. The maximum Gasteiger partial charge on any atom is 0.327 e. The molecule has 0 bridgehead atoms. The van der Waals surface area contributed by atoms with E-state index < -0.39 is 12.0 Å². The summed E-state index contributed by atoms with van der Waals surface area (Å²) in [5.74, 6) is -0.563. The Bertz CT molecular complexity index is 302. The average Bonchev–Trinajstić information content (AvgIpc) is 2.19. The van der Waals surface area contributed by atoms with E-state index in [0.717, 1.165) is 5.69 Å². The molecule has 0 spiro atoms. The van der Waals surface area contributed by atoms with Gasteiger partial charge >= 0.3 is 5.97 Å². The second-order valence-corrected chi connectivity index (χ2v) is 3.35. The van der Waals surface area contributed by atoms with Crippen molar-refractivity contribution in [2.45, 2.75) is 6.04 Å². The summed E-state index contributed by atoms with van der Waals surface area (Å²) in [6.45, 7) is 0. The van der Waals surface area contributed by atoms with Crippen molar-refractivity contribution >= 4 is 24.3 Å². The minimum atomic E-state index is -0.855. The van der Waals surface area contributed by atoms with Gasteiger partial charge in [0.05, 0.1) is 0 Å². The summed E-state index contributed by atoms with van der Waals surface area (Å²) in [4.78, 5) is 12.6. The first-order chi connectivity index (χ1) is 6.66. The molecule has 1 unspecified atom stereocenters. The molecule has 0 aromatic heterocycles. The molecule has 0 amide bonds. The SMILES string of the molecule is CN(c1ccccc1)C(CS)C(=O)O. The zero-order valence-corrected chi connectivity index (χ0v) is 8.82. The Morgan fingerprint density at radius 1 is 1.50 bits per heavy atom. The molecule has 76 valence electrons. The van der Waals surface area contributed by atoms with Crippen molar-refractivity contribution in [3.05, 3.63) is 30.3 Å². The van der Waals surface area contributed by atoms with E-state index >= 15 is 0 Å². The number of hydrogen-bond donors (Lipinski definition) is 2. The van der Waals surface area contributed by atoms with Crippen LogP contribution in [0.3, 0.4) is 0 Å². The highest BCUT2D eigenvalue weighted by Crippen LogP contribution is 2.14. The summed E-state index contributed by atoms with van der Waals surface area (Å²) >= 11 is 4.02. The van der Waals surface area contributed by atoms with Crippen molar-refractivity contribution in [1.29, 1.82) is 0 Å². The van der Waals surface area contributed by atoms with Crippen molar-refractivity contribution < 1.29 is 9.90 Å². The topological polar surface area (TPSA) is 40.5 Å². The van der Waals surface area contributed by atoms with E-state index in [9.17, 15) is 4.79 Å². The number of hydrogen-bond acceptors (Lipinski definition) is 3. The van der Waals surface area contributed by atoms with Gasteiger partial charge in [0.15, 0.2) is 0 Å². The van der Waals surface area contributed by atoms with Crippen LogP contribution in [0, 0.1) is 0 Å². The molecule has 0 saturated carbocycles. The molecule has 1 aromatic rings. The van der Waals surface area contributed by atoms with Crippen LogP contribution in [0.25, 0.3) is 0 Å². The highest BCUT2D eigenvalue weighted by Gasteiger charge is 2.20. The van der Waals surface area contributed by atoms with Crippen molar-refractivity contribution in [3.8, 4) is 0 Å². The van der Waals surface area contributed by atoms with Gasteiger partial charge in [-0.3, -0.25) is 0 Å². The molecule has 14 heavy (non-hydrogen) atoms. The van der Waals surface area contributed by atoms with E-state index in [2.05, 4.69) is 12.6 Å². The molecule has 1 N–H and O–H groups in total. The lowest BCUT2D eigenvalue weighted by molar-refractivity contribution is -0.137. The van der Waals surface area contributed by atoms with Crippen LogP contribution >= 0.6 is 12.6 Å². The molecule has 0 heterocycles. The van der Waals surface area contributed by atoms with E-state index in [1.54, 1.807) is 11.9 Å². The molecule has 1 aromatic carbocycles. The minimum Gasteiger partial charge on any atom is -0.480 e. The average molecular weight is 211 g/mol. The number of benzene rings is 1. The normalized spacial score (nSPS) is 12.1. The third-order valence-electron chi connectivity index (χ3n) is 2.09.